The van der Waals surface area contributed by atoms with Crippen LogP contribution in [0, 0.1) is 0 Å². The number of thiazole rings is 1. The summed E-state index contributed by atoms with van der Waals surface area (Å²) in [7, 11) is 1.63. The van der Waals surface area contributed by atoms with Gasteiger partial charge in [-0.1, -0.05) is 17.4 Å². The fourth-order valence-corrected chi connectivity index (χ4v) is 4.61. The summed E-state index contributed by atoms with van der Waals surface area (Å²) in [4.78, 5) is 25.1. The predicted molar refractivity (Wildman–Crippen MR) is 123 cm³/mol. The average Bonchev–Trinajstić information content (AvgIpc) is 3.46. The predicted octanol–water partition coefficient (Wildman–Crippen LogP) is 4.96. The van der Waals surface area contributed by atoms with E-state index in [-0.39, 0.29) is 5.91 Å². The molecule has 0 radical (unpaired) electrons. The molecule has 0 unspecified atom stereocenters. The highest BCUT2D eigenvalue weighted by Crippen LogP contribution is 2.34. The van der Waals surface area contributed by atoms with E-state index in [0.29, 0.717) is 23.0 Å². The van der Waals surface area contributed by atoms with Gasteiger partial charge in [-0.25, -0.2) is 9.97 Å². The minimum atomic E-state index is -0.0497. The van der Waals surface area contributed by atoms with Gasteiger partial charge in [0.25, 0.3) is 5.91 Å². The van der Waals surface area contributed by atoms with Crippen LogP contribution in [0.5, 0.6) is 5.75 Å². The minimum absolute atomic E-state index is 0.0497. The number of para-hydroxylation sites is 1. The van der Waals surface area contributed by atoms with Gasteiger partial charge in [-0.3, -0.25) is 9.69 Å². The van der Waals surface area contributed by atoms with Gasteiger partial charge in [-0.2, -0.15) is 0 Å². The SMILES string of the molecule is COc1cccc2sc(N(CCCn3ccnc3)C(=O)c3ccc(SC)cc3)nc12. The number of benzene rings is 2. The van der Waals surface area contributed by atoms with Crippen LogP contribution in [0.2, 0.25) is 0 Å². The van der Waals surface area contributed by atoms with E-state index in [0.717, 1.165) is 28.1 Å². The van der Waals surface area contributed by atoms with E-state index >= 15 is 0 Å². The maximum absolute atomic E-state index is 13.4. The number of hydrogen-bond acceptors (Lipinski definition) is 6. The second-order valence-electron chi connectivity index (χ2n) is 6.64. The number of aromatic nitrogens is 3. The zero-order valence-corrected chi connectivity index (χ0v) is 18.4. The highest BCUT2D eigenvalue weighted by Gasteiger charge is 2.22. The van der Waals surface area contributed by atoms with Crippen molar-refractivity contribution in [3.8, 4) is 5.75 Å². The molecule has 154 valence electrons. The summed E-state index contributed by atoms with van der Waals surface area (Å²) in [5.41, 5.74) is 1.44. The largest absolute Gasteiger partial charge is 0.494 e. The fraction of sp³-hybridized carbons (Fsp3) is 0.227. The first kappa shape index (κ1) is 20.4. The van der Waals surface area contributed by atoms with Gasteiger partial charge >= 0.3 is 0 Å². The molecule has 8 heteroatoms. The van der Waals surface area contributed by atoms with Gasteiger partial charge in [0.1, 0.15) is 11.3 Å². The molecule has 2 aromatic heterocycles. The lowest BCUT2D eigenvalue weighted by molar-refractivity contribution is 0.0986. The molecule has 4 rings (SSSR count). The smallest absolute Gasteiger partial charge is 0.260 e. The summed E-state index contributed by atoms with van der Waals surface area (Å²) >= 11 is 3.16. The number of ether oxygens (including phenoxy) is 1. The van der Waals surface area contributed by atoms with Crippen molar-refractivity contribution in [1.29, 1.82) is 0 Å². The lowest BCUT2D eigenvalue weighted by Crippen LogP contribution is -2.32. The van der Waals surface area contributed by atoms with Crippen molar-refractivity contribution in [2.45, 2.75) is 17.9 Å². The van der Waals surface area contributed by atoms with Gasteiger partial charge in [0, 0.05) is 35.9 Å². The lowest BCUT2D eigenvalue weighted by atomic mass is 10.2. The Bertz CT molecular complexity index is 1120. The third-order valence-electron chi connectivity index (χ3n) is 4.76. The van der Waals surface area contributed by atoms with Crippen molar-refractivity contribution in [2.75, 3.05) is 24.8 Å². The number of anilines is 1. The van der Waals surface area contributed by atoms with Crippen LogP contribution < -0.4 is 9.64 Å². The number of carbonyl (C=O) groups is 1. The first-order valence-corrected chi connectivity index (χ1v) is 11.6. The highest BCUT2D eigenvalue weighted by atomic mass is 32.2. The molecule has 0 fully saturated rings. The van der Waals surface area contributed by atoms with Crippen LogP contribution in [-0.4, -0.2) is 40.4 Å². The number of amides is 1. The average molecular weight is 439 g/mol. The van der Waals surface area contributed by atoms with Crippen molar-refractivity contribution in [3.05, 3.63) is 66.7 Å². The molecule has 30 heavy (non-hydrogen) atoms. The quantitative estimate of drug-likeness (QED) is 0.364. The Kier molecular flexibility index (Phi) is 6.35. The van der Waals surface area contributed by atoms with E-state index in [1.807, 2.05) is 59.5 Å². The molecule has 2 aromatic carbocycles. The summed E-state index contributed by atoms with van der Waals surface area (Å²) in [5.74, 6) is 0.663. The highest BCUT2D eigenvalue weighted by molar-refractivity contribution is 7.98. The molecule has 0 aliphatic rings. The molecule has 4 aromatic rings. The Labute approximate surface area is 183 Å². The normalized spacial score (nSPS) is 11.0. The molecular formula is C22H22N4O2S2. The third kappa shape index (κ3) is 4.34. The molecule has 0 bridgehead atoms. The molecule has 2 heterocycles. The summed E-state index contributed by atoms with van der Waals surface area (Å²) in [5, 5.41) is 0.680. The molecule has 0 aliphatic heterocycles. The zero-order chi connectivity index (χ0) is 20.9. The first-order valence-electron chi connectivity index (χ1n) is 9.55. The van der Waals surface area contributed by atoms with E-state index < -0.39 is 0 Å². The van der Waals surface area contributed by atoms with Gasteiger partial charge in [0.15, 0.2) is 5.13 Å². The van der Waals surface area contributed by atoms with Crippen molar-refractivity contribution in [1.82, 2.24) is 14.5 Å². The number of carbonyl (C=O) groups excluding carboxylic acids is 1. The molecule has 0 aliphatic carbocycles. The van der Waals surface area contributed by atoms with Crippen molar-refractivity contribution >= 4 is 44.4 Å². The van der Waals surface area contributed by atoms with Gasteiger partial charge in [0.05, 0.1) is 18.1 Å². The van der Waals surface area contributed by atoms with Crippen molar-refractivity contribution < 1.29 is 9.53 Å². The number of rotatable bonds is 8. The van der Waals surface area contributed by atoms with E-state index in [4.69, 9.17) is 9.72 Å². The minimum Gasteiger partial charge on any atom is -0.494 e. The standard InChI is InChI=1S/C22H22N4O2S2/c1-28-18-5-3-6-19-20(18)24-22(30-19)26(13-4-12-25-14-11-23-15-25)21(27)16-7-9-17(29-2)10-8-16/h3,5-11,14-15H,4,12-13H2,1-2H3. The molecule has 0 spiro atoms. The molecule has 6 nitrogen and oxygen atoms in total. The van der Waals surface area contributed by atoms with Crippen LogP contribution in [0.25, 0.3) is 10.2 Å². The van der Waals surface area contributed by atoms with Crippen LogP contribution in [0.1, 0.15) is 16.8 Å². The van der Waals surface area contributed by atoms with Crippen LogP contribution >= 0.6 is 23.1 Å². The van der Waals surface area contributed by atoms with Gasteiger partial charge in [-0.15, -0.1) is 11.8 Å². The number of imidazole rings is 1. The Hall–Kier alpha value is -2.84. The molecule has 0 atom stereocenters. The molecule has 0 saturated heterocycles. The van der Waals surface area contributed by atoms with E-state index in [1.54, 1.807) is 36.3 Å². The first-order chi connectivity index (χ1) is 14.7. The molecular weight excluding hydrogens is 416 g/mol. The number of nitrogens with zero attached hydrogens (tertiary/aromatic N) is 4. The van der Waals surface area contributed by atoms with Crippen molar-refractivity contribution in [2.24, 2.45) is 0 Å². The van der Waals surface area contributed by atoms with Gasteiger partial charge in [-0.05, 0) is 49.1 Å². The topological polar surface area (TPSA) is 60.2 Å². The third-order valence-corrected chi connectivity index (χ3v) is 6.55. The number of thioether (sulfide) groups is 1. The monoisotopic (exact) mass is 438 g/mol. The van der Waals surface area contributed by atoms with E-state index in [2.05, 4.69) is 4.98 Å². The van der Waals surface area contributed by atoms with Gasteiger partial charge < -0.3 is 9.30 Å². The number of aryl methyl sites for hydroxylation is 1. The van der Waals surface area contributed by atoms with Crippen molar-refractivity contribution in [3.63, 3.8) is 0 Å². The lowest BCUT2D eigenvalue weighted by Gasteiger charge is -2.20. The Balaban J connectivity index is 1.64. The van der Waals surface area contributed by atoms with Crippen LogP contribution in [0.3, 0.4) is 0 Å². The van der Waals surface area contributed by atoms with Gasteiger partial charge in [0.2, 0.25) is 0 Å². The van der Waals surface area contributed by atoms with Crippen LogP contribution in [0.4, 0.5) is 5.13 Å². The second kappa shape index (κ2) is 9.32. The number of fused-ring (bicyclic) bond motifs is 1. The molecule has 1 amide bonds. The molecule has 0 saturated carbocycles. The van der Waals surface area contributed by atoms with E-state index in [9.17, 15) is 4.79 Å². The fourth-order valence-electron chi connectivity index (χ4n) is 3.20. The Morgan fingerprint density at radius 3 is 2.77 bits per heavy atom. The summed E-state index contributed by atoms with van der Waals surface area (Å²) in [6, 6.07) is 13.5. The molecule has 0 N–H and O–H groups in total. The maximum atomic E-state index is 13.4. The van der Waals surface area contributed by atoms with E-state index in [1.165, 1.54) is 11.3 Å². The second-order valence-corrected chi connectivity index (χ2v) is 8.53. The van der Waals surface area contributed by atoms with Crippen LogP contribution in [0.15, 0.2) is 66.1 Å². The van der Waals surface area contributed by atoms with Crippen LogP contribution in [-0.2, 0) is 6.54 Å². The summed E-state index contributed by atoms with van der Waals surface area (Å²) in [6.07, 6.45) is 8.29. The number of methoxy groups -OCH3 is 1. The maximum Gasteiger partial charge on any atom is 0.260 e. The summed E-state index contributed by atoms with van der Waals surface area (Å²) < 4.78 is 8.46. The summed E-state index contributed by atoms with van der Waals surface area (Å²) in [6.45, 7) is 1.34. The Morgan fingerprint density at radius 1 is 1.23 bits per heavy atom. The zero-order valence-electron chi connectivity index (χ0n) is 16.8. The number of hydrogen-bond donors (Lipinski definition) is 0. The Morgan fingerprint density at radius 2 is 2.07 bits per heavy atom.